The molecule has 0 bridgehead atoms. The molecule has 0 spiro atoms. The Morgan fingerprint density at radius 2 is 1.78 bits per heavy atom. The largest absolute Gasteiger partial charge is 0.463 e. The second-order valence-corrected chi connectivity index (χ2v) is 7.07. The maximum absolute atomic E-state index is 12.7. The number of nitrogens with two attached hydrogens (primary N) is 1. The van der Waals surface area contributed by atoms with Gasteiger partial charge in [0.05, 0.1) is 18.7 Å². The first-order chi connectivity index (χ1) is 10.5. The number of rotatable bonds is 8. The molecule has 0 aromatic heterocycles. The summed E-state index contributed by atoms with van der Waals surface area (Å²) in [6, 6.07) is -0.777. The van der Waals surface area contributed by atoms with Gasteiger partial charge < -0.3 is 15.4 Å². The van der Waals surface area contributed by atoms with Crippen molar-refractivity contribution in [3.63, 3.8) is 0 Å². The monoisotopic (exact) mass is 326 g/mol. The van der Waals surface area contributed by atoms with E-state index in [1.807, 2.05) is 34.6 Å². The maximum Gasteiger partial charge on any atom is 0.333 e. The van der Waals surface area contributed by atoms with Crippen LogP contribution in [0.5, 0.6) is 0 Å². The van der Waals surface area contributed by atoms with Crippen molar-refractivity contribution >= 4 is 11.9 Å². The summed E-state index contributed by atoms with van der Waals surface area (Å²) < 4.78 is 5.01. The lowest BCUT2D eigenvalue weighted by molar-refractivity contribution is -0.139. The van der Waals surface area contributed by atoms with Crippen molar-refractivity contribution in [2.24, 2.45) is 17.1 Å². The number of esters is 1. The predicted molar refractivity (Wildman–Crippen MR) is 93.8 cm³/mol. The van der Waals surface area contributed by atoms with Gasteiger partial charge in [-0.05, 0) is 31.6 Å². The molecule has 0 aliphatic heterocycles. The molecule has 0 heterocycles. The molecule has 0 aromatic carbocycles. The lowest BCUT2D eigenvalue weighted by atomic mass is 9.81. The van der Waals surface area contributed by atoms with Crippen molar-refractivity contribution in [1.82, 2.24) is 4.90 Å². The van der Waals surface area contributed by atoms with Crippen LogP contribution >= 0.6 is 0 Å². The summed E-state index contributed by atoms with van der Waals surface area (Å²) in [6.45, 7) is 13.9. The molecular weight excluding hydrogens is 292 g/mol. The van der Waals surface area contributed by atoms with Gasteiger partial charge in [-0.1, -0.05) is 40.7 Å². The van der Waals surface area contributed by atoms with E-state index in [0.29, 0.717) is 12.2 Å². The first-order valence-electron chi connectivity index (χ1n) is 8.37. The van der Waals surface area contributed by atoms with Crippen molar-refractivity contribution in [2.45, 2.75) is 67.0 Å². The molecule has 0 aliphatic carbocycles. The molecule has 0 saturated carbocycles. The fourth-order valence-electron chi connectivity index (χ4n) is 2.24. The number of amides is 1. The zero-order valence-corrected chi connectivity index (χ0v) is 16.0. The zero-order valence-electron chi connectivity index (χ0n) is 16.0. The fraction of sp³-hybridized carbons (Fsp3) is 0.778. The van der Waals surface area contributed by atoms with Gasteiger partial charge >= 0.3 is 5.97 Å². The molecule has 0 radical (unpaired) electrons. The van der Waals surface area contributed by atoms with Gasteiger partial charge in [0.25, 0.3) is 0 Å². The standard InChI is InChI=1S/C18H34N2O3/c1-9-18(6,7)15(19)16(21)20(8)14(12(3)4)11-13(5)17(22)23-10-2/h11-12,14-15H,9-10,19H2,1-8H3/t14-,15-/m1/s1. The molecule has 2 N–H and O–H groups in total. The van der Waals surface area contributed by atoms with Crippen LogP contribution in [0, 0.1) is 11.3 Å². The molecule has 5 heteroatoms. The third-order valence-electron chi connectivity index (χ3n) is 4.52. The van der Waals surface area contributed by atoms with Crippen LogP contribution < -0.4 is 5.73 Å². The van der Waals surface area contributed by atoms with Crippen molar-refractivity contribution in [1.29, 1.82) is 0 Å². The molecule has 0 fully saturated rings. The van der Waals surface area contributed by atoms with Gasteiger partial charge in [-0.2, -0.15) is 0 Å². The van der Waals surface area contributed by atoms with E-state index in [4.69, 9.17) is 10.5 Å². The quantitative estimate of drug-likeness (QED) is 0.550. The normalized spacial score (nSPS) is 15.3. The number of nitrogens with zero attached hydrogens (tertiary/aromatic N) is 1. The Bertz CT molecular complexity index is 442. The average molecular weight is 326 g/mol. The van der Waals surface area contributed by atoms with Gasteiger partial charge in [0.15, 0.2) is 0 Å². The molecule has 0 unspecified atom stereocenters. The van der Waals surface area contributed by atoms with E-state index in [9.17, 15) is 9.59 Å². The Hall–Kier alpha value is -1.36. The molecule has 0 aromatic rings. The van der Waals surface area contributed by atoms with E-state index in [1.165, 1.54) is 0 Å². The summed E-state index contributed by atoms with van der Waals surface area (Å²) in [5.41, 5.74) is 6.42. The van der Waals surface area contributed by atoms with Crippen LogP contribution in [0.2, 0.25) is 0 Å². The molecule has 0 rings (SSSR count). The van der Waals surface area contributed by atoms with Crippen LogP contribution in [0.4, 0.5) is 0 Å². The van der Waals surface area contributed by atoms with Gasteiger partial charge in [0, 0.05) is 12.6 Å². The minimum Gasteiger partial charge on any atom is -0.463 e. The Morgan fingerprint density at radius 1 is 1.26 bits per heavy atom. The summed E-state index contributed by atoms with van der Waals surface area (Å²) in [5.74, 6) is -0.300. The van der Waals surface area contributed by atoms with Gasteiger partial charge in [0.2, 0.25) is 5.91 Å². The topological polar surface area (TPSA) is 72.6 Å². The molecule has 134 valence electrons. The van der Waals surface area contributed by atoms with Crippen LogP contribution in [-0.4, -0.2) is 42.5 Å². The van der Waals surface area contributed by atoms with Crippen molar-refractivity contribution < 1.29 is 14.3 Å². The Morgan fingerprint density at radius 3 is 2.17 bits per heavy atom. The first kappa shape index (κ1) is 21.6. The predicted octanol–water partition coefficient (Wildman–Crippen LogP) is 2.74. The molecule has 5 nitrogen and oxygen atoms in total. The smallest absolute Gasteiger partial charge is 0.333 e. The Kier molecular flexibility index (Phi) is 8.53. The van der Waals surface area contributed by atoms with E-state index in [1.54, 1.807) is 31.9 Å². The van der Waals surface area contributed by atoms with E-state index in [2.05, 4.69) is 0 Å². The lowest BCUT2D eigenvalue weighted by Gasteiger charge is -2.36. The highest BCUT2D eigenvalue weighted by Crippen LogP contribution is 2.26. The minimum atomic E-state index is -0.574. The molecule has 2 atom stereocenters. The summed E-state index contributed by atoms with van der Waals surface area (Å²) in [5, 5.41) is 0. The first-order valence-corrected chi connectivity index (χ1v) is 8.37. The van der Waals surface area contributed by atoms with Crippen LogP contribution in [0.3, 0.4) is 0 Å². The molecular formula is C18H34N2O3. The Balaban J connectivity index is 5.36. The number of hydrogen-bond donors (Lipinski definition) is 1. The van der Waals surface area contributed by atoms with Crippen molar-refractivity contribution in [3.05, 3.63) is 11.6 Å². The highest BCUT2D eigenvalue weighted by atomic mass is 16.5. The molecule has 0 saturated heterocycles. The van der Waals surface area contributed by atoms with Crippen LogP contribution in [0.15, 0.2) is 11.6 Å². The summed E-state index contributed by atoms with van der Waals surface area (Å²) in [6.07, 6.45) is 2.62. The molecule has 1 amide bonds. The van der Waals surface area contributed by atoms with E-state index in [0.717, 1.165) is 6.42 Å². The second kappa shape index (κ2) is 9.06. The SMILES string of the molecule is CCOC(=O)C(C)=C[C@H](C(C)C)N(C)C(=O)[C@@H](N)C(C)(C)CC. The van der Waals surface area contributed by atoms with Crippen molar-refractivity contribution in [3.8, 4) is 0 Å². The van der Waals surface area contributed by atoms with Gasteiger partial charge in [0.1, 0.15) is 0 Å². The van der Waals surface area contributed by atoms with Crippen LogP contribution in [0.1, 0.15) is 54.9 Å². The van der Waals surface area contributed by atoms with Gasteiger partial charge in [-0.3, -0.25) is 4.79 Å². The maximum atomic E-state index is 12.7. The minimum absolute atomic E-state index is 0.108. The zero-order chi connectivity index (χ0) is 18.4. The second-order valence-electron chi connectivity index (χ2n) is 7.07. The van der Waals surface area contributed by atoms with Crippen LogP contribution in [-0.2, 0) is 14.3 Å². The highest BCUT2D eigenvalue weighted by Gasteiger charge is 2.34. The van der Waals surface area contributed by atoms with Gasteiger partial charge in [-0.25, -0.2) is 4.79 Å². The lowest BCUT2D eigenvalue weighted by Crippen LogP contribution is -2.53. The summed E-state index contributed by atoms with van der Waals surface area (Å²) >= 11 is 0. The highest BCUT2D eigenvalue weighted by molar-refractivity contribution is 5.88. The van der Waals surface area contributed by atoms with Gasteiger partial charge in [-0.15, -0.1) is 0 Å². The van der Waals surface area contributed by atoms with Crippen LogP contribution in [0.25, 0.3) is 0 Å². The Labute approximate surface area is 141 Å². The molecule has 0 aliphatic rings. The number of carbonyl (C=O) groups is 2. The average Bonchev–Trinajstić information content (AvgIpc) is 2.49. The van der Waals surface area contributed by atoms with Crippen molar-refractivity contribution in [2.75, 3.05) is 13.7 Å². The number of likely N-dealkylation sites (N-methyl/N-ethyl adjacent to an activating group) is 1. The summed E-state index contributed by atoms with van der Waals surface area (Å²) in [7, 11) is 1.74. The van der Waals surface area contributed by atoms with E-state index >= 15 is 0 Å². The number of hydrogen-bond acceptors (Lipinski definition) is 4. The number of carbonyl (C=O) groups excluding carboxylic acids is 2. The van der Waals surface area contributed by atoms with E-state index < -0.39 is 6.04 Å². The summed E-state index contributed by atoms with van der Waals surface area (Å²) in [4.78, 5) is 26.2. The van der Waals surface area contributed by atoms with E-state index in [-0.39, 0.29) is 29.3 Å². The number of ether oxygens (including phenoxy) is 1. The third kappa shape index (κ3) is 5.98. The fourth-order valence-corrected chi connectivity index (χ4v) is 2.24. The molecule has 23 heavy (non-hydrogen) atoms. The third-order valence-corrected chi connectivity index (χ3v) is 4.52.